The number of methoxy groups -OCH3 is 1. The molecule has 0 aliphatic carbocycles. The molecule has 27 heavy (non-hydrogen) atoms. The average Bonchev–Trinajstić information content (AvgIpc) is 2.61. The van der Waals surface area contributed by atoms with Gasteiger partial charge in [-0.05, 0) is 54.8 Å². The first kappa shape index (κ1) is 18.4. The molecule has 0 spiro atoms. The zero-order valence-corrected chi connectivity index (χ0v) is 15.5. The Kier molecular flexibility index (Phi) is 5.35. The van der Waals surface area contributed by atoms with E-state index >= 15 is 0 Å². The Morgan fingerprint density at radius 1 is 1.07 bits per heavy atom. The molecule has 3 rings (SSSR count). The summed E-state index contributed by atoms with van der Waals surface area (Å²) in [6.07, 6.45) is 0.407. The van der Waals surface area contributed by atoms with E-state index in [1.54, 1.807) is 7.11 Å². The van der Waals surface area contributed by atoms with Gasteiger partial charge in [0, 0.05) is 18.2 Å². The summed E-state index contributed by atoms with van der Waals surface area (Å²) in [6, 6.07) is 14.4. The molecule has 0 fully saturated rings. The van der Waals surface area contributed by atoms with Crippen LogP contribution in [0.2, 0.25) is 0 Å². The van der Waals surface area contributed by atoms with E-state index in [-0.39, 0.29) is 11.3 Å². The number of nitrogens with zero attached hydrogens (tertiary/aromatic N) is 1. The second-order valence-corrected chi connectivity index (χ2v) is 6.43. The molecule has 0 aliphatic rings. The van der Waals surface area contributed by atoms with E-state index in [1.165, 1.54) is 6.07 Å². The molecule has 1 aromatic heterocycles. The number of ether oxygens (including phenoxy) is 1. The lowest BCUT2D eigenvalue weighted by Crippen LogP contribution is -2.20. The van der Waals surface area contributed by atoms with Gasteiger partial charge in [0.1, 0.15) is 17.3 Å². The third-order valence-corrected chi connectivity index (χ3v) is 4.03. The van der Waals surface area contributed by atoms with Crippen molar-refractivity contribution in [2.24, 2.45) is 0 Å². The lowest BCUT2D eigenvalue weighted by atomic mass is 10.1. The van der Waals surface area contributed by atoms with Crippen LogP contribution in [0, 0.1) is 13.8 Å². The van der Waals surface area contributed by atoms with Crippen molar-refractivity contribution in [1.82, 2.24) is 9.97 Å². The van der Waals surface area contributed by atoms with E-state index in [9.17, 15) is 9.59 Å². The molecule has 1 amide bonds. The quantitative estimate of drug-likeness (QED) is 0.729. The highest BCUT2D eigenvalue weighted by Gasteiger charge is 2.12. The molecule has 2 aromatic carbocycles. The van der Waals surface area contributed by atoms with Crippen molar-refractivity contribution in [3.63, 3.8) is 0 Å². The molecule has 0 bridgehead atoms. The third-order valence-electron chi connectivity index (χ3n) is 4.03. The number of amides is 1. The summed E-state index contributed by atoms with van der Waals surface area (Å²) >= 11 is 0. The monoisotopic (exact) mass is 363 g/mol. The van der Waals surface area contributed by atoms with Gasteiger partial charge in [-0.15, -0.1) is 0 Å². The van der Waals surface area contributed by atoms with Gasteiger partial charge in [-0.1, -0.05) is 18.2 Å². The van der Waals surface area contributed by atoms with Crippen molar-refractivity contribution >= 4 is 11.6 Å². The number of carbonyl (C=O) groups is 1. The van der Waals surface area contributed by atoms with Crippen LogP contribution in [-0.4, -0.2) is 23.0 Å². The van der Waals surface area contributed by atoms with Gasteiger partial charge < -0.3 is 15.0 Å². The van der Waals surface area contributed by atoms with Crippen molar-refractivity contribution < 1.29 is 9.53 Å². The Morgan fingerprint density at radius 2 is 1.74 bits per heavy atom. The fraction of sp³-hybridized carbons (Fsp3) is 0.190. The maximum absolute atomic E-state index is 12.5. The summed E-state index contributed by atoms with van der Waals surface area (Å²) in [5.74, 6) is 0.766. The minimum Gasteiger partial charge on any atom is -0.497 e. The smallest absolute Gasteiger partial charge is 0.274 e. The van der Waals surface area contributed by atoms with Gasteiger partial charge in [0.05, 0.1) is 7.11 Å². The molecule has 1 heterocycles. The zero-order valence-electron chi connectivity index (χ0n) is 15.5. The summed E-state index contributed by atoms with van der Waals surface area (Å²) in [5.41, 5.74) is 3.44. The van der Waals surface area contributed by atoms with Crippen molar-refractivity contribution in [1.29, 1.82) is 0 Å². The van der Waals surface area contributed by atoms with E-state index < -0.39 is 5.91 Å². The largest absolute Gasteiger partial charge is 0.497 e. The highest BCUT2D eigenvalue weighted by Crippen LogP contribution is 2.15. The fourth-order valence-corrected chi connectivity index (χ4v) is 2.89. The SMILES string of the molecule is COc1ccc(Cc2nc(C(=O)Nc3cc(C)cc(C)c3)cc(=O)[nH]2)cc1. The van der Waals surface area contributed by atoms with Crippen LogP contribution >= 0.6 is 0 Å². The van der Waals surface area contributed by atoms with Gasteiger partial charge >= 0.3 is 0 Å². The summed E-state index contributed by atoms with van der Waals surface area (Å²) < 4.78 is 5.14. The molecule has 3 aromatic rings. The van der Waals surface area contributed by atoms with E-state index in [1.807, 2.05) is 56.3 Å². The first-order valence-corrected chi connectivity index (χ1v) is 8.56. The third kappa shape index (κ3) is 4.82. The molecule has 2 N–H and O–H groups in total. The number of aromatic nitrogens is 2. The van der Waals surface area contributed by atoms with Crippen molar-refractivity contribution in [3.05, 3.63) is 87.1 Å². The van der Waals surface area contributed by atoms with Crippen LogP contribution < -0.4 is 15.6 Å². The molecule has 0 aliphatic heterocycles. The number of hydrogen-bond donors (Lipinski definition) is 2. The molecule has 6 nitrogen and oxygen atoms in total. The van der Waals surface area contributed by atoms with Crippen molar-refractivity contribution in [2.75, 3.05) is 12.4 Å². The topological polar surface area (TPSA) is 84.1 Å². The number of aryl methyl sites for hydroxylation is 2. The average molecular weight is 363 g/mol. The number of H-pyrrole nitrogens is 1. The van der Waals surface area contributed by atoms with Crippen LogP contribution in [0.5, 0.6) is 5.75 Å². The predicted molar refractivity (Wildman–Crippen MR) is 105 cm³/mol. The number of rotatable bonds is 5. The Balaban J connectivity index is 1.81. The van der Waals surface area contributed by atoms with Crippen molar-refractivity contribution in [3.8, 4) is 5.75 Å². The first-order valence-electron chi connectivity index (χ1n) is 8.56. The second-order valence-electron chi connectivity index (χ2n) is 6.43. The van der Waals surface area contributed by atoms with E-state index in [2.05, 4.69) is 15.3 Å². The predicted octanol–water partition coefficient (Wildman–Crippen LogP) is 3.24. The summed E-state index contributed by atoms with van der Waals surface area (Å²) in [6.45, 7) is 3.92. The number of hydrogen-bond acceptors (Lipinski definition) is 4. The molecule has 0 radical (unpaired) electrons. The number of anilines is 1. The Labute approximate surface area is 157 Å². The normalized spacial score (nSPS) is 10.5. The molecule has 0 saturated heterocycles. The minimum absolute atomic E-state index is 0.0846. The summed E-state index contributed by atoms with van der Waals surface area (Å²) in [4.78, 5) is 31.5. The van der Waals surface area contributed by atoms with Gasteiger partial charge in [-0.25, -0.2) is 4.98 Å². The van der Waals surface area contributed by atoms with E-state index in [0.29, 0.717) is 17.9 Å². The van der Waals surface area contributed by atoms with Gasteiger partial charge in [0.25, 0.3) is 11.5 Å². The second kappa shape index (κ2) is 7.86. The number of carbonyl (C=O) groups excluding carboxylic acids is 1. The van der Waals surface area contributed by atoms with Crippen molar-refractivity contribution in [2.45, 2.75) is 20.3 Å². The summed E-state index contributed by atoms with van der Waals surface area (Å²) in [7, 11) is 1.60. The highest BCUT2D eigenvalue weighted by molar-refractivity contribution is 6.02. The zero-order chi connectivity index (χ0) is 19.4. The number of nitrogens with one attached hydrogen (secondary N) is 2. The van der Waals surface area contributed by atoms with Gasteiger partial charge in [-0.3, -0.25) is 9.59 Å². The molecule has 0 unspecified atom stereocenters. The number of aromatic amines is 1. The lowest BCUT2D eigenvalue weighted by Gasteiger charge is -2.08. The van der Waals surface area contributed by atoms with E-state index in [4.69, 9.17) is 4.74 Å². The van der Waals surface area contributed by atoms with Gasteiger partial charge in [-0.2, -0.15) is 0 Å². The number of benzene rings is 2. The molecule has 0 saturated carbocycles. The Bertz CT molecular complexity index is 1000. The van der Waals surface area contributed by atoms with Crippen LogP contribution in [-0.2, 0) is 6.42 Å². The summed E-state index contributed by atoms with van der Waals surface area (Å²) in [5, 5.41) is 2.80. The molecule has 6 heteroatoms. The maximum atomic E-state index is 12.5. The maximum Gasteiger partial charge on any atom is 0.274 e. The Morgan fingerprint density at radius 3 is 2.37 bits per heavy atom. The molecule has 138 valence electrons. The van der Waals surface area contributed by atoms with Gasteiger partial charge in [0.2, 0.25) is 0 Å². The lowest BCUT2D eigenvalue weighted by molar-refractivity contribution is 0.102. The molecular formula is C21H21N3O3. The minimum atomic E-state index is -0.415. The van der Waals surface area contributed by atoms with Crippen LogP contribution in [0.15, 0.2) is 53.3 Å². The van der Waals surface area contributed by atoms with E-state index in [0.717, 1.165) is 22.4 Å². The van der Waals surface area contributed by atoms with Crippen LogP contribution in [0.25, 0.3) is 0 Å². The fourth-order valence-electron chi connectivity index (χ4n) is 2.89. The van der Waals surface area contributed by atoms with Crippen LogP contribution in [0.1, 0.15) is 33.0 Å². The Hall–Kier alpha value is -3.41. The standard InChI is InChI=1S/C21H21N3O3/c1-13-8-14(2)10-16(9-13)22-21(26)18-12-20(25)24-19(23-18)11-15-4-6-17(27-3)7-5-15/h4-10,12H,11H2,1-3H3,(H,22,26)(H,23,24,25). The highest BCUT2D eigenvalue weighted by atomic mass is 16.5. The van der Waals surface area contributed by atoms with Crippen LogP contribution in [0.3, 0.4) is 0 Å². The molecule has 0 atom stereocenters. The van der Waals surface area contributed by atoms with Crippen LogP contribution in [0.4, 0.5) is 5.69 Å². The van der Waals surface area contributed by atoms with Gasteiger partial charge in [0.15, 0.2) is 0 Å². The molecular weight excluding hydrogens is 342 g/mol. The first-order chi connectivity index (χ1) is 12.9.